The summed E-state index contributed by atoms with van der Waals surface area (Å²) in [5.41, 5.74) is 5.07. The van der Waals surface area contributed by atoms with Gasteiger partial charge in [0.2, 0.25) is 10.0 Å². The highest BCUT2D eigenvalue weighted by molar-refractivity contribution is 7.89. The van der Waals surface area contributed by atoms with Crippen molar-refractivity contribution < 1.29 is 13.2 Å². The Morgan fingerprint density at radius 2 is 1.89 bits per heavy atom. The van der Waals surface area contributed by atoms with Gasteiger partial charge in [-0.05, 0) is 19.8 Å². The Balaban J connectivity index is 2.74. The normalized spacial score (nSPS) is 19.8. The summed E-state index contributed by atoms with van der Waals surface area (Å²) in [5.74, 6) is -0.0504. The molecule has 0 unspecified atom stereocenters. The predicted molar refractivity (Wildman–Crippen MR) is 80.6 cm³/mol. The van der Waals surface area contributed by atoms with E-state index in [2.05, 4.69) is 4.72 Å². The molecule has 0 radical (unpaired) electrons. The van der Waals surface area contributed by atoms with Gasteiger partial charge in [0.1, 0.15) is 0 Å². The molecule has 1 saturated carbocycles. The Morgan fingerprint density at radius 3 is 2.37 bits per heavy atom. The Bertz CT molecular complexity index is 388. The summed E-state index contributed by atoms with van der Waals surface area (Å²) in [5, 5.41) is 0. The summed E-state index contributed by atoms with van der Waals surface area (Å²) in [6, 6.07) is 0. The van der Waals surface area contributed by atoms with Gasteiger partial charge >= 0.3 is 0 Å². The van der Waals surface area contributed by atoms with Crippen LogP contribution in [0, 0.1) is 0 Å². The first-order chi connectivity index (χ1) is 8.92. The smallest absolute Gasteiger partial charge is 0.214 e. The molecule has 0 spiro atoms. The lowest BCUT2D eigenvalue weighted by Crippen LogP contribution is -2.57. The highest BCUT2D eigenvalue weighted by atomic mass is 32.2. The van der Waals surface area contributed by atoms with E-state index >= 15 is 0 Å². The highest BCUT2D eigenvalue weighted by Gasteiger charge is 2.37. The van der Waals surface area contributed by atoms with Gasteiger partial charge in [-0.25, -0.2) is 13.1 Å². The number of nitrogens with two attached hydrogens (primary N) is 1. The average Bonchev–Trinajstić information content (AvgIpc) is 2.55. The lowest BCUT2D eigenvalue weighted by molar-refractivity contribution is 0.163. The quantitative estimate of drug-likeness (QED) is 0.421. The molecule has 1 rings (SSSR count). The molecule has 0 bridgehead atoms. The minimum Gasteiger partial charge on any atom is -0.392 e. The van der Waals surface area contributed by atoms with Crippen molar-refractivity contribution in [3.8, 4) is 0 Å². The van der Waals surface area contributed by atoms with Crippen LogP contribution in [-0.4, -0.2) is 37.9 Å². The van der Waals surface area contributed by atoms with Gasteiger partial charge < -0.3 is 10.5 Å². The first kappa shape index (κ1) is 16.8. The zero-order chi connectivity index (χ0) is 14.4. The lowest BCUT2D eigenvalue weighted by Gasteiger charge is -2.32. The van der Waals surface area contributed by atoms with Crippen molar-refractivity contribution in [3.05, 3.63) is 0 Å². The average molecular weight is 308 g/mol. The van der Waals surface area contributed by atoms with Gasteiger partial charge in [0.05, 0.1) is 22.9 Å². The summed E-state index contributed by atoms with van der Waals surface area (Å²) < 4.78 is 32.0. The number of ether oxygens (including phenoxy) is 1. The van der Waals surface area contributed by atoms with Crippen molar-refractivity contribution in [2.75, 3.05) is 19.0 Å². The van der Waals surface area contributed by atoms with Crippen molar-refractivity contribution in [3.63, 3.8) is 0 Å². The van der Waals surface area contributed by atoms with Crippen molar-refractivity contribution >= 4 is 27.2 Å². The molecule has 3 N–H and O–H groups in total. The van der Waals surface area contributed by atoms with Gasteiger partial charge in [-0.15, -0.1) is 0 Å². The minimum atomic E-state index is -3.42. The second-order valence-electron chi connectivity index (χ2n) is 4.98. The van der Waals surface area contributed by atoms with Gasteiger partial charge in [-0.2, -0.15) is 0 Å². The molecule has 1 aliphatic carbocycles. The zero-order valence-electron chi connectivity index (χ0n) is 11.5. The summed E-state index contributed by atoms with van der Waals surface area (Å²) >= 11 is 5.11. The lowest BCUT2D eigenvalue weighted by atomic mass is 9.91. The third-order valence-electron chi connectivity index (χ3n) is 3.48. The summed E-state index contributed by atoms with van der Waals surface area (Å²) in [6.07, 6.45) is 5.49. The van der Waals surface area contributed by atoms with Gasteiger partial charge in [0, 0.05) is 6.61 Å². The third-order valence-corrected chi connectivity index (χ3v) is 5.28. The monoisotopic (exact) mass is 308 g/mol. The van der Waals surface area contributed by atoms with Crippen LogP contribution in [0.3, 0.4) is 0 Å². The van der Waals surface area contributed by atoms with Gasteiger partial charge in [-0.1, -0.05) is 37.9 Å². The maximum absolute atomic E-state index is 12.1. The summed E-state index contributed by atoms with van der Waals surface area (Å²) in [6.45, 7) is 2.54. The Labute approximate surface area is 121 Å². The zero-order valence-corrected chi connectivity index (χ0v) is 13.1. The van der Waals surface area contributed by atoms with Crippen LogP contribution in [0.15, 0.2) is 0 Å². The maximum Gasteiger partial charge on any atom is 0.214 e. The molecule has 0 saturated heterocycles. The number of nitrogens with one attached hydrogen (secondary N) is 1. The van der Waals surface area contributed by atoms with Crippen LogP contribution in [0.1, 0.15) is 45.4 Å². The molecule has 0 aliphatic heterocycles. The number of sulfonamides is 1. The topological polar surface area (TPSA) is 81.4 Å². The molecule has 1 fully saturated rings. The van der Waals surface area contributed by atoms with Crippen LogP contribution in [-0.2, 0) is 14.8 Å². The van der Waals surface area contributed by atoms with E-state index in [9.17, 15) is 8.42 Å². The van der Waals surface area contributed by atoms with Crippen LogP contribution < -0.4 is 10.5 Å². The molecular formula is C12H24N2O3S2. The molecule has 0 amide bonds. The van der Waals surface area contributed by atoms with E-state index in [-0.39, 0.29) is 17.3 Å². The first-order valence-electron chi connectivity index (χ1n) is 6.81. The minimum absolute atomic E-state index is 0.0504. The van der Waals surface area contributed by atoms with Crippen LogP contribution in [0.4, 0.5) is 0 Å². The van der Waals surface area contributed by atoms with Gasteiger partial charge in [0.15, 0.2) is 0 Å². The standard InChI is InChI=1S/C12H24N2O3S2/c1-2-17-9-10-19(15,16)14-12(11(13)18)7-5-3-4-6-8-12/h14H,2-10H2,1H3,(H2,13,18). The molecule has 0 atom stereocenters. The molecule has 1 aliphatic rings. The van der Waals surface area contributed by atoms with Crippen molar-refractivity contribution in [1.82, 2.24) is 4.72 Å². The van der Waals surface area contributed by atoms with Crippen LogP contribution in [0.5, 0.6) is 0 Å². The molecule has 5 nitrogen and oxygen atoms in total. The Hall–Kier alpha value is -0.240. The van der Waals surface area contributed by atoms with E-state index in [1.165, 1.54) is 0 Å². The Kier molecular flexibility index (Phi) is 6.65. The van der Waals surface area contributed by atoms with Gasteiger partial charge in [0.25, 0.3) is 0 Å². The van der Waals surface area contributed by atoms with E-state index in [0.29, 0.717) is 19.4 Å². The van der Waals surface area contributed by atoms with Crippen LogP contribution in [0.25, 0.3) is 0 Å². The van der Waals surface area contributed by atoms with Crippen LogP contribution >= 0.6 is 12.2 Å². The molecular weight excluding hydrogens is 284 g/mol. The number of thiocarbonyl (C=S) groups is 1. The van der Waals surface area contributed by atoms with E-state index in [0.717, 1.165) is 25.7 Å². The summed E-state index contributed by atoms with van der Waals surface area (Å²) in [4.78, 5) is 0.259. The number of hydrogen-bond donors (Lipinski definition) is 2. The molecule has 112 valence electrons. The fourth-order valence-electron chi connectivity index (χ4n) is 2.39. The predicted octanol–water partition coefficient (Wildman–Crippen LogP) is 1.32. The molecule has 0 aromatic carbocycles. The largest absolute Gasteiger partial charge is 0.392 e. The number of rotatable bonds is 7. The van der Waals surface area contributed by atoms with Crippen LogP contribution in [0.2, 0.25) is 0 Å². The fourth-order valence-corrected chi connectivity index (χ4v) is 4.06. The molecule has 7 heteroatoms. The van der Waals surface area contributed by atoms with Crippen molar-refractivity contribution in [1.29, 1.82) is 0 Å². The molecule has 0 heterocycles. The van der Waals surface area contributed by atoms with Gasteiger partial charge in [-0.3, -0.25) is 0 Å². The second kappa shape index (κ2) is 7.52. The molecule has 19 heavy (non-hydrogen) atoms. The third kappa shape index (κ3) is 5.33. The van der Waals surface area contributed by atoms with Crippen molar-refractivity contribution in [2.24, 2.45) is 5.73 Å². The van der Waals surface area contributed by atoms with E-state index in [4.69, 9.17) is 22.7 Å². The number of hydrogen-bond acceptors (Lipinski definition) is 4. The second-order valence-corrected chi connectivity index (χ2v) is 7.26. The van der Waals surface area contributed by atoms with E-state index in [1.54, 1.807) is 0 Å². The van der Waals surface area contributed by atoms with E-state index < -0.39 is 15.6 Å². The summed E-state index contributed by atoms with van der Waals surface area (Å²) in [7, 11) is -3.42. The Morgan fingerprint density at radius 1 is 1.32 bits per heavy atom. The van der Waals surface area contributed by atoms with E-state index in [1.807, 2.05) is 6.92 Å². The SMILES string of the molecule is CCOCCS(=O)(=O)NC1(C(N)=S)CCCCCC1. The maximum atomic E-state index is 12.1. The van der Waals surface area contributed by atoms with Crippen molar-refractivity contribution in [2.45, 2.75) is 51.0 Å². The highest BCUT2D eigenvalue weighted by Crippen LogP contribution is 2.28. The fraction of sp³-hybridized carbons (Fsp3) is 0.917. The molecule has 0 aromatic rings. The first-order valence-corrected chi connectivity index (χ1v) is 8.87. The molecule has 0 aromatic heterocycles.